The SMILES string of the molecule is O=C(NCc1ccc(Cl)c(Cl)c1)[C@@]1(CCS(=O)(=O)c2ccccc2)COC(c2ccc(OCCCO)cc2)=N1. The molecule has 1 aliphatic heterocycles. The zero-order chi connectivity index (χ0) is 27.9. The van der Waals surface area contributed by atoms with Gasteiger partial charge in [-0.05, 0) is 60.5 Å². The number of ether oxygens (including phenoxy) is 2. The fourth-order valence-corrected chi connectivity index (χ4v) is 5.68. The number of sulfone groups is 1. The molecule has 0 bridgehead atoms. The van der Waals surface area contributed by atoms with Crippen molar-refractivity contribution in [3.05, 3.63) is 94.0 Å². The van der Waals surface area contributed by atoms with Crippen molar-refractivity contribution in [3.8, 4) is 5.75 Å². The van der Waals surface area contributed by atoms with E-state index in [2.05, 4.69) is 10.3 Å². The molecule has 0 saturated carbocycles. The lowest BCUT2D eigenvalue weighted by atomic mass is 9.97. The summed E-state index contributed by atoms with van der Waals surface area (Å²) in [6.07, 6.45) is 0.437. The van der Waals surface area contributed by atoms with Gasteiger partial charge in [0.1, 0.15) is 12.4 Å². The Morgan fingerprint density at radius 2 is 1.79 bits per heavy atom. The fourth-order valence-electron chi connectivity index (χ4n) is 3.95. The number of nitrogens with one attached hydrogen (secondary N) is 1. The molecule has 3 aromatic carbocycles. The van der Waals surface area contributed by atoms with Crippen molar-refractivity contribution in [2.24, 2.45) is 4.99 Å². The van der Waals surface area contributed by atoms with E-state index in [4.69, 9.17) is 37.8 Å². The number of halogens is 2. The Hall–Kier alpha value is -3.11. The van der Waals surface area contributed by atoms with Crippen molar-refractivity contribution in [1.82, 2.24) is 5.32 Å². The number of aliphatic imine (C=N–C) groups is 1. The summed E-state index contributed by atoms with van der Waals surface area (Å²) in [5.41, 5.74) is -0.108. The van der Waals surface area contributed by atoms with Gasteiger partial charge in [0, 0.05) is 25.1 Å². The average Bonchev–Trinajstić information content (AvgIpc) is 3.39. The second-order valence-electron chi connectivity index (χ2n) is 9.00. The third kappa shape index (κ3) is 7.30. The average molecular weight is 592 g/mol. The van der Waals surface area contributed by atoms with Gasteiger partial charge in [0.15, 0.2) is 15.4 Å². The number of rotatable bonds is 12. The highest BCUT2D eigenvalue weighted by Crippen LogP contribution is 2.29. The number of aliphatic hydroxyl groups excluding tert-OH is 1. The van der Waals surface area contributed by atoms with Crippen LogP contribution in [0.4, 0.5) is 0 Å². The topological polar surface area (TPSA) is 114 Å². The highest BCUT2D eigenvalue weighted by atomic mass is 35.5. The molecule has 4 rings (SSSR count). The van der Waals surface area contributed by atoms with E-state index in [-0.39, 0.29) is 42.7 Å². The van der Waals surface area contributed by atoms with Crippen LogP contribution in [0.25, 0.3) is 0 Å². The van der Waals surface area contributed by atoms with Crippen LogP contribution in [0.3, 0.4) is 0 Å². The molecule has 1 aliphatic rings. The van der Waals surface area contributed by atoms with E-state index >= 15 is 0 Å². The molecule has 0 saturated heterocycles. The number of hydrogen-bond acceptors (Lipinski definition) is 7. The Morgan fingerprint density at radius 1 is 1.05 bits per heavy atom. The second kappa shape index (κ2) is 12.8. The molecule has 1 heterocycles. The van der Waals surface area contributed by atoms with E-state index in [1.54, 1.807) is 60.7 Å². The van der Waals surface area contributed by atoms with Crippen LogP contribution in [-0.2, 0) is 25.9 Å². The molecule has 0 fully saturated rings. The number of carbonyl (C=O) groups is 1. The largest absolute Gasteiger partial charge is 0.494 e. The van der Waals surface area contributed by atoms with Crippen molar-refractivity contribution < 1.29 is 27.8 Å². The minimum Gasteiger partial charge on any atom is -0.494 e. The maximum absolute atomic E-state index is 13.5. The summed E-state index contributed by atoms with van der Waals surface area (Å²) in [7, 11) is -3.67. The first-order chi connectivity index (χ1) is 18.7. The van der Waals surface area contributed by atoms with Crippen molar-refractivity contribution in [2.75, 3.05) is 25.6 Å². The summed E-state index contributed by atoms with van der Waals surface area (Å²) in [6, 6.07) is 20.1. The van der Waals surface area contributed by atoms with Gasteiger partial charge in [-0.3, -0.25) is 4.79 Å². The van der Waals surface area contributed by atoms with E-state index < -0.39 is 21.3 Å². The van der Waals surface area contributed by atoms with E-state index in [0.717, 1.165) is 5.56 Å². The number of aliphatic hydroxyl groups is 1. The molecule has 0 unspecified atom stereocenters. The summed E-state index contributed by atoms with van der Waals surface area (Å²) in [5.74, 6) is 0.0921. The molecule has 39 heavy (non-hydrogen) atoms. The predicted octanol–water partition coefficient (Wildman–Crippen LogP) is 4.45. The van der Waals surface area contributed by atoms with Crippen LogP contribution in [0.15, 0.2) is 82.7 Å². The predicted molar refractivity (Wildman–Crippen MR) is 150 cm³/mol. The Morgan fingerprint density at radius 3 is 2.49 bits per heavy atom. The second-order valence-corrected chi connectivity index (χ2v) is 11.9. The van der Waals surface area contributed by atoms with Gasteiger partial charge in [-0.2, -0.15) is 0 Å². The maximum atomic E-state index is 13.5. The lowest BCUT2D eigenvalue weighted by Crippen LogP contribution is -2.47. The zero-order valence-corrected chi connectivity index (χ0v) is 23.3. The lowest BCUT2D eigenvalue weighted by Gasteiger charge is -2.23. The molecule has 0 aliphatic carbocycles. The lowest BCUT2D eigenvalue weighted by molar-refractivity contribution is -0.126. The number of carbonyl (C=O) groups excluding carboxylic acids is 1. The molecule has 3 aromatic rings. The molecule has 0 aromatic heterocycles. The Labute approximate surface area is 237 Å². The highest BCUT2D eigenvalue weighted by Gasteiger charge is 2.45. The van der Waals surface area contributed by atoms with Crippen LogP contribution in [0.1, 0.15) is 24.0 Å². The summed E-state index contributed by atoms with van der Waals surface area (Å²) in [5, 5.41) is 12.5. The number of nitrogens with zero attached hydrogens (tertiary/aromatic N) is 1. The van der Waals surface area contributed by atoms with E-state index in [9.17, 15) is 13.2 Å². The van der Waals surface area contributed by atoms with Crippen LogP contribution >= 0.6 is 23.2 Å². The molecular formula is C28H28Cl2N2O6S. The molecule has 0 radical (unpaired) electrons. The maximum Gasteiger partial charge on any atom is 0.251 e. The minimum atomic E-state index is -3.67. The summed E-state index contributed by atoms with van der Waals surface area (Å²) >= 11 is 12.1. The Kier molecular flexibility index (Phi) is 9.50. The molecule has 1 atom stereocenters. The van der Waals surface area contributed by atoms with Gasteiger partial charge >= 0.3 is 0 Å². The highest BCUT2D eigenvalue weighted by molar-refractivity contribution is 7.91. The van der Waals surface area contributed by atoms with Crippen LogP contribution in [-0.4, -0.2) is 56.4 Å². The molecule has 206 valence electrons. The molecule has 8 nitrogen and oxygen atoms in total. The van der Waals surface area contributed by atoms with Gasteiger partial charge in [0.25, 0.3) is 5.91 Å². The van der Waals surface area contributed by atoms with Gasteiger partial charge < -0.3 is 19.9 Å². The first-order valence-electron chi connectivity index (χ1n) is 12.3. The molecular weight excluding hydrogens is 563 g/mol. The Balaban J connectivity index is 1.56. The normalized spacial score (nSPS) is 16.8. The zero-order valence-electron chi connectivity index (χ0n) is 21.0. The van der Waals surface area contributed by atoms with Gasteiger partial charge in [0.05, 0.1) is 27.3 Å². The number of benzene rings is 3. The summed E-state index contributed by atoms with van der Waals surface area (Å²) in [4.78, 5) is 18.3. The minimum absolute atomic E-state index is 0.0396. The number of hydrogen-bond donors (Lipinski definition) is 2. The first kappa shape index (κ1) is 28.9. The van der Waals surface area contributed by atoms with E-state index in [1.165, 1.54) is 12.1 Å². The van der Waals surface area contributed by atoms with E-state index in [0.29, 0.717) is 34.4 Å². The van der Waals surface area contributed by atoms with Crippen molar-refractivity contribution in [1.29, 1.82) is 0 Å². The van der Waals surface area contributed by atoms with Crippen molar-refractivity contribution in [3.63, 3.8) is 0 Å². The van der Waals surface area contributed by atoms with Gasteiger partial charge in [-0.25, -0.2) is 13.4 Å². The van der Waals surface area contributed by atoms with E-state index in [1.807, 2.05) is 0 Å². The monoisotopic (exact) mass is 590 g/mol. The third-order valence-corrected chi connectivity index (χ3v) is 8.65. The molecule has 0 spiro atoms. The fraction of sp³-hybridized carbons (Fsp3) is 0.286. The van der Waals surface area contributed by atoms with Crippen LogP contribution in [0.2, 0.25) is 10.0 Å². The first-order valence-corrected chi connectivity index (χ1v) is 14.7. The quantitative estimate of drug-likeness (QED) is 0.301. The summed E-state index contributed by atoms with van der Waals surface area (Å²) in [6.45, 7) is 0.450. The van der Waals surface area contributed by atoms with Crippen molar-refractivity contribution in [2.45, 2.75) is 29.8 Å². The summed E-state index contributed by atoms with van der Waals surface area (Å²) < 4.78 is 37.5. The molecule has 11 heteroatoms. The van der Waals surface area contributed by atoms with Crippen LogP contribution < -0.4 is 10.1 Å². The van der Waals surface area contributed by atoms with Gasteiger partial charge in [-0.1, -0.05) is 47.5 Å². The van der Waals surface area contributed by atoms with Crippen molar-refractivity contribution >= 4 is 44.8 Å². The third-order valence-electron chi connectivity index (χ3n) is 6.18. The van der Waals surface area contributed by atoms with Gasteiger partial charge in [0.2, 0.25) is 5.90 Å². The van der Waals surface area contributed by atoms with Crippen LogP contribution in [0, 0.1) is 0 Å². The number of amides is 1. The Bertz CT molecular complexity index is 1430. The van der Waals surface area contributed by atoms with Crippen LogP contribution in [0.5, 0.6) is 5.75 Å². The standard InChI is InChI=1S/C28H28Cl2N2O6S/c29-24-12-7-20(17-25(24)30)18-31-27(34)28(13-16-39(35,36)23-5-2-1-3-6-23)19-38-26(32-28)21-8-10-22(11-9-21)37-15-4-14-33/h1-3,5-12,17,33H,4,13-16,18-19H2,(H,31,34)/t28-/m1/s1. The van der Waals surface area contributed by atoms with Gasteiger partial charge in [-0.15, -0.1) is 0 Å². The smallest absolute Gasteiger partial charge is 0.251 e. The molecule has 2 N–H and O–H groups in total. The molecule has 1 amide bonds.